The Morgan fingerprint density at radius 2 is 1.72 bits per heavy atom. The van der Waals surface area contributed by atoms with Gasteiger partial charge in [0, 0.05) is 30.0 Å². The maximum absolute atomic E-state index is 13.4. The number of hydrogen-bond acceptors (Lipinski definition) is 4. The normalized spacial score (nSPS) is 16.4. The first-order valence-electron chi connectivity index (χ1n) is 11.9. The van der Waals surface area contributed by atoms with E-state index >= 15 is 0 Å². The van der Waals surface area contributed by atoms with Gasteiger partial charge in [-0.05, 0) is 79.9 Å². The molecule has 0 fully saturated rings. The highest BCUT2D eigenvalue weighted by atomic mass is 35.5. The molecule has 0 unspecified atom stereocenters. The number of halogens is 1. The van der Waals surface area contributed by atoms with Crippen LogP contribution in [0.3, 0.4) is 0 Å². The van der Waals surface area contributed by atoms with Gasteiger partial charge in [-0.3, -0.25) is 9.59 Å². The zero-order chi connectivity index (χ0) is 25.9. The number of fused-ring (bicyclic) bond motifs is 1. The van der Waals surface area contributed by atoms with Gasteiger partial charge >= 0.3 is 5.97 Å². The maximum Gasteiger partial charge on any atom is 0.323 e. The summed E-state index contributed by atoms with van der Waals surface area (Å²) in [6, 6.07) is 20.4. The Balaban J connectivity index is 1.49. The molecule has 4 rings (SSSR count). The van der Waals surface area contributed by atoms with Gasteiger partial charge in [-0.25, -0.2) is 0 Å². The molecule has 0 aliphatic carbocycles. The van der Waals surface area contributed by atoms with Crippen molar-refractivity contribution in [3.05, 3.63) is 94.0 Å². The van der Waals surface area contributed by atoms with E-state index in [1.54, 1.807) is 12.1 Å². The van der Waals surface area contributed by atoms with E-state index in [1.807, 2.05) is 75.4 Å². The van der Waals surface area contributed by atoms with Crippen LogP contribution in [0.15, 0.2) is 66.7 Å². The molecule has 1 heterocycles. The highest BCUT2D eigenvalue weighted by Gasteiger charge is 2.35. The predicted molar refractivity (Wildman–Crippen MR) is 139 cm³/mol. The van der Waals surface area contributed by atoms with Crippen molar-refractivity contribution in [2.45, 2.75) is 51.9 Å². The summed E-state index contributed by atoms with van der Waals surface area (Å²) in [6.07, 6.45) is 1.39. The van der Waals surface area contributed by atoms with E-state index in [-0.39, 0.29) is 18.6 Å². The Morgan fingerprint density at radius 3 is 2.36 bits per heavy atom. The van der Waals surface area contributed by atoms with E-state index in [2.05, 4.69) is 0 Å². The minimum absolute atomic E-state index is 0.0535. The van der Waals surface area contributed by atoms with Gasteiger partial charge in [0.2, 0.25) is 0 Å². The SMILES string of the molecule is CC(C)Oc1ccc(CN(CC(=O)O)C(=O)c2ccc3c(c2)C[C@](C)(Cc2ccc(Cl)cc2)O3)cc1. The summed E-state index contributed by atoms with van der Waals surface area (Å²) in [7, 11) is 0. The van der Waals surface area contributed by atoms with Crippen molar-refractivity contribution in [2.75, 3.05) is 6.54 Å². The standard InChI is InChI=1S/C29H30ClNO5/c1-19(2)35-25-11-6-21(7-12-25)17-31(18-27(32)33)28(34)22-8-13-26-23(14-22)16-29(3,36-26)15-20-4-9-24(30)10-5-20/h4-14,19H,15-18H2,1-3H3,(H,32,33)/t29-/m0/s1. The summed E-state index contributed by atoms with van der Waals surface area (Å²) in [5.41, 5.74) is 2.86. The fourth-order valence-corrected chi connectivity index (χ4v) is 4.62. The molecule has 1 amide bonds. The number of hydrogen-bond donors (Lipinski definition) is 1. The zero-order valence-corrected chi connectivity index (χ0v) is 21.4. The number of rotatable bonds is 9. The molecular formula is C29H30ClNO5. The van der Waals surface area contributed by atoms with Crippen LogP contribution in [0.25, 0.3) is 0 Å². The molecule has 0 spiro atoms. The maximum atomic E-state index is 13.4. The molecule has 3 aromatic rings. The van der Waals surface area contributed by atoms with E-state index in [9.17, 15) is 14.7 Å². The number of carboxylic acids is 1. The number of amides is 1. The fraction of sp³-hybridized carbons (Fsp3) is 0.310. The molecule has 0 aromatic heterocycles. The molecule has 1 N–H and O–H groups in total. The summed E-state index contributed by atoms with van der Waals surface area (Å²) in [5.74, 6) is 0.0656. The summed E-state index contributed by atoms with van der Waals surface area (Å²) < 4.78 is 11.9. The largest absolute Gasteiger partial charge is 0.491 e. The van der Waals surface area contributed by atoms with Gasteiger partial charge in [0.15, 0.2) is 0 Å². The van der Waals surface area contributed by atoms with Crippen molar-refractivity contribution in [1.82, 2.24) is 4.90 Å². The fourth-order valence-electron chi connectivity index (χ4n) is 4.50. The third-order valence-corrected chi connectivity index (χ3v) is 6.25. The van der Waals surface area contributed by atoms with Crippen molar-refractivity contribution in [2.24, 2.45) is 0 Å². The molecule has 0 saturated heterocycles. The van der Waals surface area contributed by atoms with Crippen LogP contribution < -0.4 is 9.47 Å². The number of ether oxygens (including phenoxy) is 2. The topological polar surface area (TPSA) is 76.1 Å². The summed E-state index contributed by atoms with van der Waals surface area (Å²) in [5, 5.41) is 10.1. The predicted octanol–water partition coefficient (Wildman–Crippen LogP) is 5.79. The molecule has 1 atom stereocenters. The minimum atomic E-state index is -1.07. The van der Waals surface area contributed by atoms with Crippen LogP contribution in [-0.2, 0) is 24.2 Å². The summed E-state index contributed by atoms with van der Waals surface area (Å²) in [6.45, 7) is 5.72. The lowest BCUT2D eigenvalue weighted by Gasteiger charge is -2.24. The van der Waals surface area contributed by atoms with Crippen molar-refractivity contribution in [3.8, 4) is 11.5 Å². The van der Waals surface area contributed by atoms with Crippen molar-refractivity contribution < 1.29 is 24.2 Å². The van der Waals surface area contributed by atoms with Crippen LogP contribution >= 0.6 is 11.6 Å². The number of benzene rings is 3. The third-order valence-electron chi connectivity index (χ3n) is 6.00. The van der Waals surface area contributed by atoms with E-state index < -0.39 is 18.1 Å². The van der Waals surface area contributed by atoms with Crippen molar-refractivity contribution in [1.29, 1.82) is 0 Å². The molecule has 1 aliphatic rings. The second-order valence-electron chi connectivity index (χ2n) is 9.72. The highest BCUT2D eigenvalue weighted by Crippen LogP contribution is 2.38. The van der Waals surface area contributed by atoms with Gasteiger partial charge in [-0.2, -0.15) is 0 Å². The van der Waals surface area contributed by atoms with Crippen molar-refractivity contribution in [3.63, 3.8) is 0 Å². The third kappa shape index (κ3) is 6.38. The molecule has 188 valence electrons. The van der Waals surface area contributed by atoms with Crippen LogP contribution in [0.4, 0.5) is 0 Å². The van der Waals surface area contributed by atoms with E-state index in [0.29, 0.717) is 23.4 Å². The first kappa shape index (κ1) is 25.6. The Bertz CT molecular complexity index is 1240. The van der Waals surface area contributed by atoms with Crippen LogP contribution in [0.2, 0.25) is 5.02 Å². The van der Waals surface area contributed by atoms with E-state index in [0.717, 1.165) is 28.2 Å². The van der Waals surface area contributed by atoms with Crippen LogP contribution in [0.1, 0.15) is 47.8 Å². The Morgan fingerprint density at radius 1 is 1.06 bits per heavy atom. The van der Waals surface area contributed by atoms with Gasteiger partial charge in [-0.15, -0.1) is 0 Å². The lowest BCUT2D eigenvalue weighted by Crippen LogP contribution is -2.35. The molecule has 3 aromatic carbocycles. The Kier molecular flexibility index (Phi) is 7.55. The number of aliphatic carboxylic acids is 1. The van der Waals surface area contributed by atoms with Gasteiger partial charge < -0.3 is 19.5 Å². The lowest BCUT2D eigenvalue weighted by molar-refractivity contribution is -0.137. The molecule has 0 saturated carbocycles. The van der Waals surface area contributed by atoms with Gasteiger partial charge in [0.05, 0.1) is 6.10 Å². The second-order valence-corrected chi connectivity index (χ2v) is 10.2. The molecule has 7 heteroatoms. The lowest BCUT2D eigenvalue weighted by atomic mass is 9.91. The molecule has 6 nitrogen and oxygen atoms in total. The van der Waals surface area contributed by atoms with E-state index in [4.69, 9.17) is 21.1 Å². The smallest absolute Gasteiger partial charge is 0.323 e. The molecular weight excluding hydrogens is 478 g/mol. The Hall–Kier alpha value is -3.51. The minimum Gasteiger partial charge on any atom is -0.491 e. The van der Waals surface area contributed by atoms with Crippen molar-refractivity contribution >= 4 is 23.5 Å². The van der Waals surface area contributed by atoms with Gasteiger partial charge in [0.25, 0.3) is 5.91 Å². The number of carboxylic acid groups (broad SMARTS) is 1. The van der Waals surface area contributed by atoms with Crippen LogP contribution in [-0.4, -0.2) is 40.1 Å². The van der Waals surface area contributed by atoms with Gasteiger partial charge in [0.1, 0.15) is 23.6 Å². The number of nitrogens with zero attached hydrogens (tertiary/aromatic N) is 1. The monoisotopic (exact) mass is 507 g/mol. The average Bonchev–Trinajstić information content (AvgIpc) is 3.15. The first-order chi connectivity index (χ1) is 17.1. The van der Waals surface area contributed by atoms with E-state index in [1.165, 1.54) is 4.90 Å². The van der Waals surface area contributed by atoms with Crippen LogP contribution in [0.5, 0.6) is 11.5 Å². The second kappa shape index (κ2) is 10.6. The average molecular weight is 508 g/mol. The number of carbonyl (C=O) groups excluding carboxylic acids is 1. The number of carbonyl (C=O) groups is 2. The Labute approximate surface area is 216 Å². The van der Waals surface area contributed by atoms with Gasteiger partial charge in [-0.1, -0.05) is 35.9 Å². The highest BCUT2D eigenvalue weighted by molar-refractivity contribution is 6.30. The molecule has 0 radical (unpaired) electrons. The summed E-state index contributed by atoms with van der Waals surface area (Å²) in [4.78, 5) is 26.2. The molecule has 0 bridgehead atoms. The quantitative estimate of drug-likeness (QED) is 0.396. The molecule has 1 aliphatic heterocycles. The van der Waals surface area contributed by atoms with Crippen LogP contribution in [0, 0.1) is 0 Å². The summed E-state index contributed by atoms with van der Waals surface area (Å²) >= 11 is 6.01. The zero-order valence-electron chi connectivity index (χ0n) is 20.7. The first-order valence-corrected chi connectivity index (χ1v) is 12.3. The molecule has 36 heavy (non-hydrogen) atoms.